The van der Waals surface area contributed by atoms with E-state index >= 15 is 0 Å². The van der Waals surface area contributed by atoms with Crippen LogP contribution in [-0.2, 0) is 4.79 Å². The van der Waals surface area contributed by atoms with Gasteiger partial charge in [0, 0.05) is 23.2 Å². The fourth-order valence-corrected chi connectivity index (χ4v) is 2.59. The van der Waals surface area contributed by atoms with Gasteiger partial charge in [-0.25, -0.2) is 9.97 Å². The van der Waals surface area contributed by atoms with Gasteiger partial charge in [0.1, 0.15) is 6.04 Å². The number of ketones is 1. The summed E-state index contributed by atoms with van der Waals surface area (Å²) in [7, 11) is 0. The van der Waals surface area contributed by atoms with Crippen molar-refractivity contribution in [3.63, 3.8) is 0 Å². The predicted molar refractivity (Wildman–Crippen MR) is 91.3 cm³/mol. The molecule has 0 bridgehead atoms. The molecule has 2 heterocycles. The molecule has 0 aliphatic heterocycles. The van der Waals surface area contributed by atoms with Crippen molar-refractivity contribution in [1.82, 2.24) is 9.97 Å². The SMILES string of the molecule is CC(C)CC(N)C(=O)O.O=C(c1nccs1)c1nccs1.[CaH2]. The third-order valence-electron chi connectivity index (χ3n) is 2.30. The Balaban J connectivity index is 0.000000402. The van der Waals surface area contributed by atoms with E-state index < -0.39 is 12.0 Å². The molecule has 0 aromatic carbocycles. The van der Waals surface area contributed by atoms with Crippen molar-refractivity contribution in [3.8, 4) is 0 Å². The van der Waals surface area contributed by atoms with Gasteiger partial charge < -0.3 is 10.8 Å². The van der Waals surface area contributed by atoms with E-state index in [2.05, 4.69) is 9.97 Å². The van der Waals surface area contributed by atoms with Gasteiger partial charge in [0.05, 0.1) is 0 Å². The molecule has 0 spiro atoms. The summed E-state index contributed by atoms with van der Waals surface area (Å²) >= 11 is 2.67. The van der Waals surface area contributed by atoms with Crippen molar-refractivity contribution in [2.24, 2.45) is 11.7 Å². The molecule has 6 nitrogen and oxygen atoms in total. The van der Waals surface area contributed by atoms with E-state index in [1.54, 1.807) is 23.2 Å². The molecule has 22 heavy (non-hydrogen) atoms. The Morgan fingerprint density at radius 3 is 1.86 bits per heavy atom. The van der Waals surface area contributed by atoms with Gasteiger partial charge in [0.2, 0.25) is 5.78 Å². The Kier molecular flexibility index (Phi) is 11.0. The number of aromatic nitrogens is 2. The van der Waals surface area contributed by atoms with Crippen LogP contribution >= 0.6 is 22.7 Å². The standard InChI is InChI=1S/C7H4N2OS2.C6H13NO2.Ca.2H/c10-5(6-8-1-3-11-6)7-9-2-4-12-7;1-4(2)3-5(7)6(8)9;;;/h1-4H;4-5H,3,7H2,1-2H3,(H,8,9);;;. The molecule has 0 aliphatic rings. The summed E-state index contributed by atoms with van der Waals surface area (Å²) in [5.41, 5.74) is 5.22. The average molecular weight is 370 g/mol. The summed E-state index contributed by atoms with van der Waals surface area (Å²) in [6.07, 6.45) is 3.78. The summed E-state index contributed by atoms with van der Waals surface area (Å²) in [4.78, 5) is 29.4. The van der Waals surface area contributed by atoms with Crippen LogP contribution in [0.4, 0.5) is 0 Å². The molecule has 9 heteroatoms. The van der Waals surface area contributed by atoms with Crippen molar-refractivity contribution < 1.29 is 14.7 Å². The zero-order valence-corrected chi connectivity index (χ0v) is 13.4. The monoisotopic (exact) mass is 369 g/mol. The number of hydrogen-bond acceptors (Lipinski definition) is 7. The van der Waals surface area contributed by atoms with E-state index in [1.165, 1.54) is 22.7 Å². The average Bonchev–Trinajstić information content (AvgIpc) is 3.11. The Bertz CT molecular complexity index is 523. The van der Waals surface area contributed by atoms with Crippen molar-refractivity contribution in [1.29, 1.82) is 0 Å². The van der Waals surface area contributed by atoms with Crippen LogP contribution in [0.25, 0.3) is 0 Å². The van der Waals surface area contributed by atoms with Gasteiger partial charge in [0.25, 0.3) is 0 Å². The van der Waals surface area contributed by atoms with Crippen LogP contribution in [0, 0.1) is 5.92 Å². The molecule has 2 aromatic rings. The van der Waals surface area contributed by atoms with E-state index in [0.29, 0.717) is 22.4 Å². The van der Waals surface area contributed by atoms with E-state index in [0.717, 1.165) is 0 Å². The molecule has 118 valence electrons. The first-order valence-electron chi connectivity index (χ1n) is 6.23. The van der Waals surface area contributed by atoms with Crippen LogP contribution in [0.2, 0.25) is 0 Å². The molecule has 2 aromatic heterocycles. The van der Waals surface area contributed by atoms with E-state index in [1.807, 2.05) is 13.8 Å². The van der Waals surface area contributed by atoms with Crippen molar-refractivity contribution in [2.45, 2.75) is 26.3 Å². The molecule has 1 unspecified atom stereocenters. The molecular weight excluding hydrogens is 350 g/mol. The molecule has 0 radical (unpaired) electrons. The van der Waals surface area contributed by atoms with E-state index in [4.69, 9.17) is 10.8 Å². The second-order valence-corrected chi connectivity index (χ2v) is 6.37. The quantitative estimate of drug-likeness (QED) is 0.609. The summed E-state index contributed by atoms with van der Waals surface area (Å²) in [5, 5.41) is 12.9. The summed E-state index contributed by atoms with van der Waals surface area (Å²) in [6, 6.07) is -0.690. The number of hydrogen-bond donors (Lipinski definition) is 2. The number of nitrogens with two attached hydrogens (primary N) is 1. The van der Waals surface area contributed by atoms with Crippen LogP contribution < -0.4 is 5.73 Å². The Labute approximate surface area is 166 Å². The first kappa shape index (κ1) is 21.6. The van der Waals surface area contributed by atoms with Crippen molar-refractivity contribution in [2.75, 3.05) is 0 Å². The first-order valence-corrected chi connectivity index (χ1v) is 7.99. The minimum atomic E-state index is -0.913. The van der Waals surface area contributed by atoms with Gasteiger partial charge in [-0.3, -0.25) is 9.59 Å². The molecule has 3 N–H and O–H groups in total. The Hall–Kier alpha value is -0.380. The van der Waals surface area contributed by atoms with Crippen molar-refractivity contribution in [3.05, 3.63) is 33.2 Å². The van der Waals surface area contributed by atoms with Gasteiger partial charge >= 0.3 is 43.7 Å². The molecule has 0 saturated heterocycles. The summed E-state index contributed by atoms with van der Waals surface area (Å²) in [6.45, 7) is 3.89. The van der Waals surface area contributed by atoms with Crippen LogP contribution in [0.15, 0.2) is 23.2 Å². The molecule has 0 saturated carbocycles. The third kappa shape index (κ3) is 7.75. The maximum absolute atomic E-state index is 11.5. The molecule has 1 atom stereocenters. The topological polar surface area (TPSA) is 106 Å². The first-order chi connectivity index (χ1) is 9.91. The Morgan fingerprint density at radius 1 is 1.18 bits per heavy atom. The van der Waals surface area contributed by atoms with Gasteiger partial charge in [0.15, 0.2) is 10.0 Å². The third-order valence-corrected chi connectivity index (χ3v) is 3.84. The molecule has 0 amide bonds. The number of thiazole rings is 2. The zero-order valence-electron chi connectivity index (χ0n) is 11.7. The number of aliphatic carboxylic acids is 1. The van der Waals surface area contributed by atoms with Crippen LogP contribution in [-0.4, -0.2) is 70.6 Å². The fraction of sp³-hybridized carbons (Fsp3) is 0.385. The number of carboxylic acids is 1. The molecule has 0 fully saturated rings. The number of carbonyl (C=O) groups excluding carboxylic acids is 1. The second kappa shape index (κ2) is 11.2. The normalized spacial score (nSPS) is 11.1. The number of rotatable bonds is 5. The Morgan fingerprint density at radius 2 is 1.64 bits per heavy atom. The molecule has 0 aliphatic carbocycles. The van der Waals surface area contributed by atoms with Crippen molar-refractivity contribution >= 4 is 72.2 Å². The second-order valence-electron chi connectivity index (χ2n) is 4.58. The fourth-order valence-electron chi connectivity index (χ4n) is 1.37. The summed E-state index contributed by atoms with van der Waals surface area (Å²) < 4.78 is 0. The van der Waals surface area contributed by atoms with Gasteiger partial charge in [-0.2, -0.15) is 0 Å². The van der Waals surface area contributed by atoms with Crippen LogP contribution in [0.3, 0.4) is 0 Å². The number of carbonyl (C=O) groups is 2. The van der Waals surface area contributed by atoms with E-state index in [-0.39, 0.29) is 43.5 Å². The van der Waals surface area contributed by atoms with Gasteiger partial charge in [-0.1, -0.05) is 13.8 Å². The van der Waals surface area contributed by atoms with Gasteiger partial charge in [-0.15, -0.1) is 22.7 Å². The number of nitrogens with zero attached hydrogens (tertiary/aromatic N) is 2. The van der Waals surface area contributed by atoms with Gasteiger partial charge in [-0.05, 0) is 12.3 Å². The van der Waals surface area contributed by atoms with Crippen LogP contribution in [0.5, 0.6) is 0 Å². The molecule has 2 rings (SSSR count). The van der Waals surface area contributed by atoms with Crippen LogP contribution in [0.1, 0.15) is 35.1 Å². The summed E-state index contributed by atoms with van der Waals surface area (Å²) in [5.74, 6) is -0.639. The predicted octanol–water partition coefficient (Wildman–Crippen LogP) is 1.36. The minimum absolute atomic E-state index is 0. The number of carboxylic acid groups (broad SMARTS) is 1. The zero-order chi connectivity index (χ0) is 15.8. The molecular formula is C13H19CaN3O3S2. The maximum atomic E-state index is 11.5. The van der Waals surface area contributed by atoms with E-state index in [9.17, 15) is 9.59 Å².